The summed E-state index contributed by atoms with van der Waals surface area (Å²) in [6.45, 7) is 4.06. The van der Waals surface area contributed by atoms with Gasteiger partial charge in [-0.3, -0.25) is 0 Å². The maximum absolute atomic E-state index is 13.2. The summed E-state index contributed by atoms with van der Waals surface area (Å²) in [6, 6.07) is 12.2. The number of pyridine rings is 1. The van der Waals surface area contributed by atoms with Crippen molar-refractivity contribution in [2.24, 2.45) is 0 Å². The molecule has 110 valence electrons. The van der Waals surface area contributed by atoms with Gasteiger partial charge in [-0.1, -0.05) is 12.1 Å². The molecular formula is C17H19FN2O. The fraction of sp³-hybridized carbons (Fsp3) is 0.353. The van der Waals surface area contributed by atoms with Crippen LogP contribution in [0.1, 0.15) is 31.6 Å². The van der Waals surface area contributed by atoms with Gasteiger partial charge in [-0.2, -0.15) is 0 Å². The highest BCUT2D eigenvalue weighted by atomic mass is 19.1. The summed E-state index contributed by atoms with van der Waals surface area (Å²) in [6.07, 6.45) is 2.23. The Kier molecular flexibility index (Phi) is 4.04. The lowest BCUT2D eigenvalue weighted by Gasteiger charge is -2.19. The summed E-state index contributed by atoms with van der Waals surface area (Å²) >= 11 is 0. The molecule has 1 aliphatic heterocycles. The molecule has 0 bridgehead atoms. The highest BCUT2D eigenvalue weighted by Gasteiger charge is 2.16. The Morgan fingerprint density at radius 1 is 1.14 bits per heavy atom. The van der Waals surface area contributed by atoms with Crippen LogP contribution in [0.3, 0.4) is 0 Å². The fourth-order valence-corrected chi connectivity index (χ4v) is 2.59. The number of nitrogens with zero attached hydrogens (tertiary/aromatic N) is 2. The van der Waals surface area contributed by atoms with Crippen molar-refractivity contribution >= 4 is 5.82 Å². The predicted molar refractivity (Wildman–Crippen MR) is 81.1 cm³/mol. The minimum absolute atomic E-state index is 0.214. The monoisotopic (exact) mass is 286 g/mol. The lowest BCUT2D eigenvalue weighted by atomic mass is 10.2. The molecule has 3 nitrogen and oxygen atoms in total. The average molecular weight is 286 g/mol. The molecule has 0 N–H and O–H groups in total. The van der Waals surface area contributed by atoms with Gasteiger partial charge >= 0.3 is 0 Å². The molecule has 1 aliphatic rings. The molecule has 0 spiro atoms. The summed E-state index contributed by atoms with van der Waals surface area (Å²) in [4.78, 5) is 6.97. The van der Waals surface area contributed by atoms with Gasteiger partial charge in [0.25, 0.3) is 0 Å². The van der Waals surface area contributed by atoms with E-state index in [0.29, 0.717) is 5.75 Å². The standard InChI is InChI=1S/C17H19FN2O/c1-13(21-15-7-4-6-14(18)12-15)16-8-5-9-17(19-16)20-10-2-3-11-20/h4-9,12-13H,2-3,10-11H2,1H3/t13-/m1/s1. The summed E-state index contributed by atoms with van der Waals surface area (Å²) < 4.78 is 19.0. The van der Waals surface area contributed by atoms with Gasteiger partial charge in [-0.05, 0) is 44.0 Å². The summed E-state index contributed by atoms with van der Waals surface area (Å²) in [5, 5.41) is 0. The molecule has 0 unspecified atom stereocenters. The molecule has 2 heterocycles. The van der Waals surface area contributed by atoms with Crippen molar-refractivity contribution in [2.75, 3.05) is 18.0 Å². The second-order valence-electron chi connectivity index (χ2n) is 5.33. The second kappa shape index (κ2) is 6.12. The Morgan fingerprint density at radius 3 is 2.67 bits per heavy atom. The molecule has 21 heavy (non-hydrogen) atoms. The molecule has 0 radical (unpaired) electrons. The molecule has 0 aliphatic carbocycles. The molecular weight excluding hydrogens is 267 g/mol. The smallest absolute Gasteiger partial charge is 0.138 e. The number of halogens is 1. The van der Waals surface area contributed by atoms with Gasteiger partial charge in [0, 0.05) is 19.2 Å². The number of hydrogen-bond donors (Lipinski definition) is 0. The third-order valence-corrected chi connectivity index (χ3v) is 3.71. The van der Waals surface area contributed by atoms with E-state index < -0.39 is 0 Å². The lowest BCUT2D eigenvalue weighted by molar-refractivity contribution is 0.221. The average Bonchev–Trinajstić information content (AvgIpc) is 3.02. The number of anilines is 1. The number of rotatable bonds is 4. The highest BCUT2D eigenvalue weighted by Crippen LogP contribution is 2.24. The molecule has 1 aromatic carbocycles. The van der Waals surface area contributed by atoms with Gasteiger partial charge in [0.1, 0.15) is 23.5 Å². The number of ether oxygens (including phenoxy) is 1. The van der Waals surface area contributed by atoms with Crippen LogP contribution in [0.25, 0.3) is 0 Å². The first kappa shape index (κ1) is 13.9. The van der Waals surface area contributed by atoms with Gasteiger partial charge < -0.3 is 9.64 Å². The SMILES string of the molecule is C[C@@H](Oc1cccc(F)c1)c1cccc(N2CCCC2)n1. The van der Waals surface area contributed by atoms with E-state index >= 15 is 0 Å². The van der Waals surface area contributed by atoms with E-state index in [4.69, 9.17) is 4.74 Å². The van der Waals surface area contributed by atoms with Crippen molar-refractivity contribution < 1.29 is 9.13 Å². The van der Waals surface area contributed by atoms with E-state index in [1.165, 1.54) is 25.0 Å². The van der Waals surface area contributed by atoms with E-state index in [1.807, 2.05) is 25.1 Å². The van der Waals surface area contributed by atoms with E-state index in [1.54, 1.807) is 12.1 Å². The van der Waals surface area contributed by atoms with Crippen LogP contribution < -0.4 is 9.64 Å². The highest BCUT2D eigenvalue weighted by molar-refractivity contribution is 5.40. The third-order valence-electron chi connectivity index (χ3n) is 3.71. The van der Waals surface area contributed by atoms with Crippen molar-refractivity contribution in [1.29, 1.82) is 0 Å². The Bertz CT molecular complexity index is 611. The number of aromatic nitrogens is 1. The molecule has 3 rings (SSSR count). The third kappa shape index (κ3) is 3.32. The Morgan fingerprint density at radius 2 is 1.90 bits per heavy atom. The van der Waals surface area contributed by atoms with Crippen molar-refractivity contribution in [2.45, 2.75) is 25.9 Å². The van der Waals surface area contributed by atoms with Crippen LogP contribution in [0.4, 0.5) is 10.2 Å². The molecule has 4 heteroatoms. The van der Waals surface area contributed by atoms with Crippen LogP contribution in [0.15, 0.2) is 42.5 Å². The Labute approximate surface area is 124 Å². The molecule has 1 aromatic heterocycles. The molecule has 0 amide bonds. The van der Waals surface area contributed by atoms with Crippen molar-refractivity contribution in [3.05, 3.63) is 54.0 Å². The summed E-state index contributed by atoms with van der Waals surface area (Å²) in [7, 11) is 0. The maximum Gasteiger partial charge on any atom is 0.138 e. The van der Waals surface area contributed by atoms with E-state index in [-0.39, 0.29) is 11.9 Å². The van der Waals surface area contributed by atoms with Crippen LogP contribution in [0.5, 0.6) is 5.75 Å². The van der Waals surface area contributed by atoms with Crippen molar-refractivity contribution in [3.63, 3.8) is 0 Å². The van der Waals surface area contributed by atoms with Gasteiger partial charge in [-0.15, -0.1) is 0 Å². The van der Waals surface area contributed by atoms with Crippen LogP contribution in [-0.4, -0.2) is 18.1 Å². The first-order valence-electron chi connectivity index (χ1n) is 7.36. The van der Waals surface area contributed by atoms with E-state index in [9.17, 15) is 4.39 Å². The van der Waals surface area contributed by atoms with Gasteiger partial charge in [0.2, 0.25) is 0 Å². The first-order chi connectivity index (χ1) is 10.2. The second-order valence-corrected chi connectivity index (χ2v) is 5.33. The minimum atomic E-state index is -0.293. The van der Waals surface area contributed by atoms with Crippen LogP contribution in [0.2, 0.25) is 0 Å². The number of benzene rings is 1. The fourth-order valence-electron chi connectivity index (χ4n) is 2.59. The molecule has 1 fully saturated rings. The molecule has 0 saturated carbocycles. The zero-order valence-corrected chi connectivity index (χ0v) is 12.1. The minimum Gasteiger partial charge on any atom is -0.484 e. The first-order valence-corrected chi connectivity index (χ1v) is 7.36. The summed E-state index contributed by atoms with van der Waals surface area (Å²) in [5.41, 5.74) is 0.865. The number of hydrogen-bond acceptors (Lipinski definition) is 3. The molecule has 1 saturated heterocycles. The predicted octanol–water partition coefficient (Wildman–Crippen LogP) is 3.96. The van der Waals surface area contributed by atoms with Crippen molar-refractivity contribution in [1.82, 2.24) is 4.98 Å². The van der Waals surface area contributed by atoms with Gasteiger partial charge in [0.15, 0.2) is 0 Å². The lowest BCUT2D eigenvalue weighted by Crippen LogP contribution is -2.19. The van der Waals surface area contributed by atoms with Gasteiger partial charge in [0.05, 0.1) is 5.69 Å². The van der Waals surface area contributed by atoms with Crippen molar-refractivity contribution in [3.8, 4) is 5.75 Å². The molecule has 1 atom stereocenters. The van der Waals surface area contributed by atoms with Gasteiger partial charge in [-0.25, -0.2) is 9.37 Å². The Balaban J connectivity index is 1.75. The normalized spacial score (nSPS) is 16.0. The zero-order chi connectivity index (χ0) is 14.7. The van der Waals surface area contributed by atoms with Crippen LogP contribution >= 0.6 is 0 Å². The Hall–Kier alpha value is -2.10. The largest absolute Gasteiger partial charge is 0.484 e. The quantitative estimate of drug-likeness (QED) is 0.850. The maximum atomic E-state index is 13.2. The van der Waals surface area contributed by atoms with E-state index in [0.717, 1.165) is 24.6 Å². The zero-order valence-electron chi connectivity index (χ0n) is 12.1. The van der Waals surface area contributed by atoms with Crippen LogP contribution in [-0.2, 0) is 0 Å². The topological polar surface area (TPSA) is 25.4 Å². The molecule has 2 aromatic rings. The summed E-state index contributed by atoms with van der Waals surface area (Å²) in [5.74, 6) is 1.23. The van der Waals surface area contributed by atoms with E-state index in [2.05, 4.69) is 9.88 Å². The van der Waals surface area contributed by atoms with Crippen LogP contribution in [0, 0.1) is 5.82 Å².